The van der Waals surface area contributed by atoms with E-state index in [4.69, 9.17) is 32.7 Å². The summed E-state index contributed by atoms with van der Waals surface area (Å²) < 4.78 is 12.5. The molecule has 5 aliphatic rings. The van der Waals surface area contributed by atoms with Crippen LogP contribution in [0.4, 0.5) is 11.9 Å². The van der Waals surface area contributed by atoms with E-state index in [0.717, 1.165) is 93.5 Å². The highest BCUT2D eigenvalue weighted by molar-refractivity contribution is 6.32. The number of hydrogen-bond acceptors (Lipinski definition) is 16. The van der Waals surface area contributed by atoms with Crippen molar-refractivity contribution in [1.29, 1.82) is 0 Å². The molecular formula is C48H65Cl2N15O2. The topological polar surface area (TPSA) is 175 Å². The predicted octanol–water partition coefficient (Wildman–Crippen LogP) is 9.34. The lowest BCUT2D eigenvalue weighted by Crippen LogP contribution is -2.39. The maximum atomic E-state index is 6.57. The molecule has 1 unspecified atom stereocenters. The fourth-order valence-electron chi connectivity index (χ4n) is 8.92. The quantitative estimate of drug-likeness (QED) is 0.125. The Labute approximate surface area is 404 Å². The van der Waals surface area contributed by atoms with Gasteiger partial charge in [-0.1, -0.05) is 63.0 Å². The second-order valence-electron chi connectivity index (χ2n) is 17.4. The van der Waals surface area contributed by atoms with Crippen LogP contribution in [0.5, 0.6) is 11.5 Å². The number of amidine groups is 1. The molecule has 5 aliphatic heterocycles. The van der Waals surface area contributed by atoms with E-state index in [9.17, 15) is 0 Å². The Morgan fingerprint density at radius 1 is 0.612 bits per heavy atom. The number of aromatic nitrogens is 8. The largest absolute Gasteiger partial charge is 0.489 e. The number of hydrogen-bond donors (Lipinski definition) is 1. The maximum absolute atomic E-state index is 6.57. The normalized spacial score (nSPS) is 19.4. The Hall–Kier alpha value is -5.36. The van der Waals surface area contributed by atoms with Crippen LogP contribution in [0.1, 0.15) is 103 Å². The molecule has 1 atom stereocenters. The lowest BCUT2D eigenvalue weighted by Gasteiger charge is -2.32. The van der Waals surface area contributed by atoms with Crippen LogP contribution in [-0.2, 0) is 13.1 Å². The summed E-state index contributed by atoms with van der Waals surface area (Å²) in [6.45, 7) is 11.9. The van der Waals surface area contributed by atoms with E-state index in [1.165, 1.54) is 75.8 Å². The Bertz CT molecular complexity index is 2340. The molecule has 1 N–H and O–H groups in total. The Morgan fingerprint density at radius 2 is 1.07 bits per heavy atom. The molecule has 4 fully saturated rings. The molecule has 0 saturated carbocycles. The van der Waals surface area contributed by atoms with Crippen LogP contribution in [0, 0.1) is 0 Å². The highest BCUT2D eigenvalue weighted by Gasteiger charge is 2.25. The number of nitrogens with one attached hydrogen (secondary N) is 1. The molecule has 358 valence electrons. The fourth-order valence-corrected chi connectivity index (χ4v) is 9.41. The summed E-state index contributed by atoms with van der Waals surface area (Å²) in [7, 11) is 0. The first-order valence-electron chi connectivity index (χ1n) is 23.1. The van der Waals surface area contributed by atoms with Crippen LogP contribution >= 0.6 is 23.2 Å². The highest BCUT2D eigenvalue weighted by Crippen LogP contribution is 2.32. The van der Waals surface area contributed by atoms with Gasteiger partial charge < -0.3 is 19.3 Å². The number of azo groups is 1. The number of piperidine rings is 4. The van der Waals surface area contributed by atoms with Crippen LogP contribution in [-0.4, -0.2) is 127 Å². The molecule has 67 heavy (non-hydrogen) atoms. The minimum Gasteiger partial charge on any atom is -0.489 e. The third kappa shape index (κ3) is 13.4. The number of anilines is 2. The molecule has 19 heteroatoms. The molecular weight excluding hydrogens is 890 g/mol. The monoisotopic (exact) mass is 953 g/mol. The highest BCUT2D eigenvalue weighted by atomic mass is 35.5. The standard InChI is InChI=1S/C24H30ClN7O.C22H27ClN8O.2CH4/c1-17-28-23(30-29-17)19-14-26-24(27-15-19)32-11-7-20(8-12-32)33-22-6-5-18(13-21(22)25)16-31-9-3-2-4-10-31;23-19-12-16(15-30-8-2-1-3-9-30)4-5-20(19)32-18-6-10-31(11-7-18)22-24-13-17(14-25-22)21-26-28-29-27-21;;/h5-6,13-15,17,20H,2-4,7-12,16H2,1H3;4-5,12-14,18H,1-3,6-11,15H2,(H,26,27,28,29);2*1H4. The third-order valence-electron chi connectivity index (χ3n) is 12.5. The van der Waals surface area contributed by atoms with Gasteiger partial charge >= 0.3 is 0 Å². The number of ether oxygens (including phenoxy) is 2. The van der Waals surface area contributed by atoms with E-state index in [-0.39, 0.29) is 33.2 Å². The summed E-state index contributed by atoms with van der Waals surface area (Å²) in [5, 5.41) is 23.4. The van der Waals surface area contributed by atoms with E-state index < -0.39 is 0 Å². The zero-order valence-corrected chi connectivity index (χ0v) is 38.5. The first kappa shape index (κ1) is 49.5. The molecule has 17 nitrogen and oxygen atoms in total. The van der Waals surface area contributed by atoms with Gasteiger partial charge in [0.1, 0.15) is 23.7 Å². The lowest BCUT2D eigenvalue weighted by atomic mass is 10.1. The molecule has 0 amide bonds. The van der Waals surface area contributed by atoms with Crippen molar-refractivity contribution < 1.29 is 9.47 Å². The van der Waals surface area contributed by atoms with Gasteiger partial charge in [0.2, 0.25) is 17.7 Å². The average Bonchev–Trinajstić information content (AvgIpc) is 4.05. The summed E-state index contributed by atoms with van der Waals surface area (Å²) in [6.07, 6.45) is 18.6. The molecule has 0 bridgehead atoms. The molecule has 4 saturated heterocycles. The van der Waals surface area contributed by atoms with Crippen molar-refractivity contribution in [2.24, 2.45) is 15.2 Å². The van der Waals surface area contributed by atoms with Gasteiger partial charge in [0.25, 0.3) is 0 Å². The molecule has 0 radical (unpaired) electrons. The van der Waals surface area contributed by atoms with Gasteiger partial charge in [-0.05, 0) is 99.4 Å². The second-order valence-corrected chi connectivity index (χ2v) is 18.2. The van der Waals surface area contributed by atoms with Crippen molar-refractivity contribution in [3.05, 3.63) is 87.9 Å². The van der Waals surface area contributed by atoms with Gasteiger partial charge in [0, 0.05) is 89.7 Å². The number of tetrazole rings is 1. The zero-order chi connectivity index (χ0) is 44.4. The van der Waals surface area contributed by atoms with E-state index in [0.29, 0.717) is 27.7 Å². The minimum atomic E-state index is -0.127. The Kier molecular flexibility index (Phi) is 17.8. The third-order valence-corrected chi connectivity index (χ3v) is 13.1. The number of benzene rings is 2. The fraction of sp³-hybridized carbons (Fsp3) is 0.542. The number of rotatable bonds is 12. The van der Waals surface area contributed by atoms with Crippen molar-refractivity contribution in [2.45, 2.75) is 117 Å². The van der Waals surface area contributed by atoms with E-state index in [2.05, 4.69) is 99.6 Å². The van der Waals surface area contributed by atoms with Crippen molar-refractivity contribution in [3.63, 3.8) is 0 Å². The molecule has 0 aliphatic carbocycles. The predicted molar refractivity (Wildman–Crippen MR) is 264 cm³/mol. The number of nitrogens with zero attached hydrogens (tertiary/aromatic N) is 14. The summed E-state index contributed by atoms with van der Waals surface area (Å²) in [4.78, 5) is 31.7. The first-order chi connectivity index (χ1) is 31.9. The van der Waals surface area contributed by atoms with E-state index in [1.807, 2.05) is 19.1 Å². The summed E-state index contributed by atoms with van der Waals surface area (Å²) in [5.74, 6) is 4.06. The molecule has 8 heterocycles. The molecule has 3 aromatic heterocycles. The van der Waals surface area contributed by atoms with Crippen LogP contribution in [0.15, 0.2) is 76.4 Å². The zero-order valence-electron chi connectivity index (χ0n) is 37.0. The number of aromatic amines is 1. The summed E-state index contributed by atoms with van der Waals surface area (Å²) >= 11 is 13.1. The molecule has 5 aromatic rings. The second kappa shape index (κ2) is 24.1. The van der Waals surface area contributed by atoms with Gasteiger partial charge in [-0.25, -0.2) is 24.9 Å². The van der Waals surface area contributed by atoms with Crippen LogP contribution < -0.4 is 19.3 Å². The minimum absolute atomic E-state index is 0. The Balaban J connectivity index is 0.000000193. The van der Waals surface area contributed by atoms with Crippen molar-refractivity contribution in [1.82, 2.24) is 50.4 Å². The summed E-state index contributed by atoms with van der Waals surface area (Å²) in [5.41, 5.74) is 4.03. The Morgan fingerprint density at radius 3 is 1.48 bits per heavy atom. The van der Waals surface area contributed by atoms with Gasteiger partial charge in [-0.3, -0.25) is 9.80 Å². The lowest BCUT2D eigenvalue weighted by molar-refractivity contribution is 0.170. The van der Waals surface area contributed by atoms with E-state index in [1.54, 1.807) is 24.8 Å². The smallest absolute Gasteiger partial charge is 0.225 e. The number of likely N-dealkylation sites (tertiary alicyclic amines) is 2. The molecule has 10 rings (SSSR count). The van der Waals surface area contributed by atoms with Crippen molar-refractivity contribution in [2.75, 3.05) is 62.2 Å². The number of H-pyrrole nitrogens is 1. The maximum Gasteiger partial charge on any atom is 0.225 e. The molecule has 2 aromatic carbocycles. The number of halogens is 2. The van der Waals surface area contributed by atoms with Crippen LogP contribution in [0.25, 0.3) is 11.4 Å². The van der Waals surface area contributed by atoms with Crippen LogP contribution in [0.3, 0.4) is 0 Å². The van der Waals surface area contributed by atoms with Gasteiger partial charge in [-0.2, -0.15) is 10.3 Å². The van der Waals surface area contributed by atoms with Crippen molar-refractivity contribution >= 4 is 40.9 Å². The summed E-state index contributed by atoms with van der Waals surface area (Å²) in [6, 6.07) is 12.5. The molecule has 0 spiro atoms. The SMILES string of the molecule is C.C.CC1N=NC(c2cnc(N3CCC(Oc4ccc(CN5CCCCC5)cc4Cl)CC3)nc2)=N1.Clc1cc(CN2CCCCC2)ccc1OC1CCN(c2ncc(-c3nn[nH]n3)cn2)CC1. The van der Waals surface area contributed by atoms with Crippen LogP contribution in [0.2, 0.25) is 10.0 Å². The first-order valence-corrected chi connectivity index (χ1v) is 23.9. The van der Waals surface area contributed by atoms with Gasteiger partial charge in [0.15, 0.2) is 12.0 Å². The van der Waals surface area contributed by atoms with E-state index >= 15 is 0 Å². The van der Waals surface area contributed by atoms with Gasteiger partial charge in [-0.15, -0.1) is 15.3 Å². The van der Waals surface area contributed by atoms with Gasteiger partial charge in [0.05, 0.1) is 21.2 Å². The average molecular weight is 955 g/mol. The van der Waals surface area contributed by atoms with Crippen molar-refractivity contribution in [3.8, 4) is 22.9 Å². The number of aliphatic imine (C=N–C) groups is 1.